The van der Waals surface area contributed by atoms with Gasteiger partial charge < -0.3 is 20.3 Å². The topological polar surface area (TPSA) is 95.9 Å². The quantitative estimate of drug-likeness (QED) is 0.0321. The van der Waals surface area contributed by atoms with E-state index in [1.165, 1.54) is 186 Å². The summed E-state index contributed by atoms with van der Waals surface area (Å²) < 4.78 is 5.46. The van der Waals surface area contributed by atoms with Crippen LogP contribution >= 0.6 is 0 Å². The van der Waals surface area contributed by atoms with Crippen molar-refractivity contribution >= 4 is 11.9 Å². The summed E-state index contributed by atoms with van der Waals surface area (Å²) in [7, 11) is 0. The van der Waals surface area contributed by atoms with Crippen molar-refractivity contribution in [2.45, 2.75) is 315 Å². The molecule has 0 bridgehead atoms. The maximum Gasteiger partial charge on any atom is 0.305 e. The minimum absolute atomic E-state index is 0.0115. The zero-order valence-electron chi connectivity index (χ0n) is 42.3. The van der Waals surface area contributed by atoms with Gasteiger partial charge in [0.15, 0.2) is 0 Å². The Morgan fingerprint density at radius 3 is 1.21 bits per heavy atom. The van der Waals surface area contributed by atoms with Crippen LogP contribution in [0, 0.1) is 0 Å². The molecule has 0 spiro atoms. The molecular formula is C57H109NO5. The highest BCUT2D eigenvalue weighted by atomic mass is 16.5. The molecule has 372 valence electrons. The van der Waals surface area contributed by atoms with Crippen LogP contribution in [0.15, 0.2) is 24.3 Å². The summed E-state index contributed by atoms with van der Waals surface area (Å²) in [5.41, 5.74) is 0. The van der Waals surface area contributed by atoms with Crippen LogP contribution < -0.4 is 5.32 Å². The number of rotatable bonds is 52. The van der Waals surface area contributed by atoms with Crippen molar-refractivity contribution in [3.8, 4) is 0 Å². The van der Waals surface area contributed by atoms with Gasteiger partial charge in [0, 0.05) is 12.8 Å². The maximum absolute atomic E-state index is 12.4. The molecule has 0 aromatic carbocycles. The number of hydrogen-bond acceptors (Lipinski definition) is 5. The number of aliphatic hydroxyl groups is 2. The predicted molar refractivity (Wildman–Crippen MR) is 273 cm³/mol. The van der Waals surface area contributed by atoms with Crippen molar-refractivity contribution in [1.82, 2.24) is 5.32 Å². The number of unbranched alkanes of at least 4 members (excludes halogenated alkanes) is 37. The Morgan fingerprint density at radius 2 is 0.794 bits per heavy atom. The summed E-state index contributed by atoms with van der Waals surface area (Å²) in [5.74, 6) is -0.0627. The lowest BCUT2D eigenvalue weighted by Crippen LogP contribution is -2.45. The molecule has 6 heteroatoms. The molecule has 2 atom stereocenters. The average molecular weight is 889 g/mol. The van der Waals surface area contributed by atoms with Gasteiger partial charge in [-0.25, -0.2) is 0 Å². The molecule has 63 heavy (non-hydrogen) atoms. The lowest BCUT2D eigenvalue weighted by Gasteiger charge is -2.22. The highest BCUT2D eigenvalue weighted by Crippen LogP contribution is 2.17. The van der Waals surface area contributed by atoms with Gasteiger partial charge in [0.05, 0.1) is 25.4 Å². The number of nitrogens with one attached hydrogen (secondary N) is 1. The summed E-state index contributed by atoms with van der Waals surface area (Å²) in [6.07, 6.45) is 63.1. The van der Waals surface area contributed by atoms with E-state index in [1.807, 2.05) is 0 Å². The number of carbonyl (C=O) groups excluding carboxylic acids is 2. The number of carbonyl (C=O) groups is 2. The largest absolute Gasteiger partial charge is 0.466 e. The Bertz CT molecular complexity index is 982. The third-order valence-electron chi connectivity index (χ3n) is 13.0. The van der Waals surface area contributed by atoms with Gasteiger partial charge in [-0.15, -0.1) is 0 Å². The molecule has 0 aliphatic carbocycles. The molecule has 0 aliphatic heterocycles. The Hall–Kier alpha value is -1.66. The number of ether oxygens (including phenoxy) is 1. The van der Waals surface area contributed by atoms with Crippen molar-refractivity contribution in [2.75, 3.05) is 13.2 Å². The fourth-order valence-corrected chi connectivity index (χ4v) is 8.67. The highest BCUT2D eigenvalue weighted by Gasteiger charge is 2.20. The van der Waals surface area contributed by atoms with Gasteiger partial charge in [0.1, 0.15) is 0 Å². The fraction of sp³-hybridized carbons (Fsp3) is 0.895. The third kappa shape index (κ3) is 49.6. The Morgan fingerprint density at radius 1 is 0.444 bits per heavy atom. The first-order valence-corrected chi connectivity index (χ1v) is 28.1. The van der Waals surface area contributed by atoms with E-state index in [4.69, 9.17) is 4.74 Å². The van der Waals surface area contributed by atoms with Gasteiger partial charge in [-0.3, -0.25) is 9.59 Å². The van der Waals surface area contributed by atoms with Gasteiger partial charge in [-0.1, -0.05) is 250 Å². The Kier molecular flexibility index (Phi) is 51.6. The standard InChI is InChI=1S/C57H109NO5/c1-3-5-7-9-11-13-15-17-18-20-24-27-31-35-39-43-47-51-57(62)63-52-48-44-40-36-32-28-25-22-19-21-23-26-30-34-38-42-46-50-56(61)58-54(53-59)55(60)49-45-41-37-33-29-16-14-12-10-8-6-4-2/h19,22,28,32,54-55,59-60H,3-18,20-21,23-27,29-31,33-53H2,1-2H3,(H,58,61)/b22-19-,32-28-. The molecule has 0 rings (SSSR count). The van der Waals surface area contributed by atoms with Crippen LogP contribution in [-0.2, 0) is 14.3 Å². The molecule has 0 radical (unpaired) electrons. The summed E-state index contributed by atoms with van der Waals surface area (Å²) in [6.45, 7) is 4.91. The zero-order chi connectivity index (χ0) is 45.8. The summed E-state index contributed by atoms with van der Waals surface area (Å²) in [4.78, 5) is 24.5. The molecule has 0 aromatic rings. The van der Waals surface area contributed by atoms with Crippen molar-refractivity contribution < 1.29 is 24.5 Å². The second kappa shape index (κ2) is 53.0. The molecule has 0 saturated carbocycles. The molecule has 0 fully saturated rings. The Labute approximate surface area is 392 Å². The summed E-state index contributed by atoms with van der Waals surface area (Å²) in [6, 6.07) is -0.552. The zero-order valence-corrected chi connectivity index (χ0v) is 42.3. The van der Waals surface area contributed by atoms with Gasteiger partial charge in [0.2, 0.25) is 5.91 Å². The van der Waals surface area contributed by atoms with Crippen LogP contribution in [0.1, 0.15) is 303 Å². The van der Waals surface area contributed by atoms with Crippen LogP contribution in [0.5, 0.6) is 0 Å². The number of aliphatic hydroxyl groups excluding tert-OH is 2. The first-order valence-electron chi connectivity index (χ1n) is 28.1. The first kappa shape index (κ1) is 61.3. The molecule has 0 saturated heterocycles. The minimum atomic E-state index is -0.673. The fourth-order valence-electron chi connectivity index (χ4n) is 8.67. The molecule has 3 N–H and O–H groups in total. The van der Waals surface area contributed by atoms with Crippen molar-refractivity contribution in [3.05, 3.63) is 24.3 Å². The van der Waals surface area contributed by atoms with Crippen LogP contribution in [0.3, 0.4) is 0 Å². The number of amides is 1. The van der Waals surface area contributed by atoms with Crippen LogP contribution in [-0.4, -0.2) is 47.4 Å². The summed E-state index contributed by atoms with van der Waals surface area (Å²) >= 11 is 0. The monoisotopic (exact) mass is 888 g/mol. The highest BCUT2D eigenvalue weighted by molar-refractivity contribution is 5.76. The second-order valence-electron chi connectivity index (χ2n) is 19.3. The molecule has 1 amide bonds. The third-order valence-corrected chi connectivity index (χ3v) is 13.0. The molecular weight excluding hydrogens is 779 g/mol. The first-order chi connectivity index (χ1) is 31.0. The van der Waals surface area contributed by atoms with Gasteiger partial charge in [-0.2, -0.15) is 0 Å². The lowest BCUT2D eigenvalue weighted by molar-refractivity contribution is -0.143. The molecule has 0 aromatic heterocycles. The van der Waals surface area contributed by atoms with Crippen LogP contribution in [0.25, 0.3) is 0 Å². The number of allylic oxidation sites excluding steroid dienone is 4. The van der Waals surface area contributed by atoms with E-state index in [2.05, 4.69) is 43.5 Å². The SMILES string of the molecule is CCCCCCCCCCCCCCCCCCCC(=O)OCCCCC/C=C\C/C=C\CCCCCCCCCC(=O)NC(CO)C(O)CCCCCCCCCCCCCC. The van der Waals surface area contributed by atoms with E-state index in [9.17, 15) is 19.8 Å². The maximum atomic E-state index is 12.4. The van der Waals surface area contributed by atoms with E-state index in [0.717, 1.165) is 83.5 Å². The van der Waals surface area contributed by atoms with E-state index < -0.39 is 12.1 Å². The minimum Gasteiger partial charge on any atom is -0.466 e. The predicted octanol–water partition coefficient (Wildman–Crippen LogP) is 17.1. The molecule has 6 nitrogen and oxygen atoms in total. The Balaban J connectivity index is 3.47. The van der Waals surface area contributed by atoms with Gasteiger partial charge >= 0.3 is 5.97 Å². The van der Waals surface area contributed by atoms with Gasteiger partial charge in [-0.05, 0) is 64.2 Å². The molecule has 0 heterocycles. The second-order valence-corrected chi connectivity index (χ2v) is 19.3. The van der Waals surface area contributed by atoms with E-state index in [-0.39, 0.29) is 18.5 Å². The smallest absolute Gasteiger partial charge is 0.305 e. The average Bonchev–Trinajstić information content (AvgIpc) is 3.28. The van der Waals surface area contributed by atoms with E-state index in [0.29, 0.717) is 25.9 Å². The van der Waals surface area contributed by atoms with Crippen LogP contribution in [0.2, 0.25) is 0 Å². The van der Waals surface area contributed by atoms with Crippen molar-refractivity contribution in [1.29, 1.82) is 0 Å². The van der Waals surface area contributed by atoms with Crippen LogP contribution in [0.4, 0.5) is 0 Å². The summed E-state index contributed by atoms with van der Waals surface area (Å²) in [5, 5.41) is 23.2. The van der Waals surface area contributed by atoms with E-state index in [1.54, 1.807) is 0 Å². The molecule has 0 aliphatic rings. The van der Waals surface area contributed by atoms with E-state index >= 15 is 0 Å². The van der Waals surface area contributed by atoms with Gasteiger partial charge in [0.25, 0.3) is 0 Å². The lowest BCUT2D eigenvalue weighted by atomic mass is 10.0. The normalized spacial score (nSPS) is 12.8. The number of esters is 1. The number of hydrogen-bond donors (Lipinski definition) is 3. The van der Waals surface area contributed by atoms with Crippen molar-refractivity contribution in [2.24, 2.45) is 0 Å². The van der Waals surface area contributed by atoms with Crippen molar-refractivity contribution in [3.63, 3.8) is 0 Å². The molecule has 2 unspecified atom stereocenters.